The highest BCUT2D eigenvalue weighted by molar-refractivity contribution is 4.52. The first-order valence-electron chi connectivity index (χ1n) is 2.33. The molecule has 0 rings (SSSR count). The molecule has 0 saturated carbocycles. The van der Waals surface area contributed by atoms with Crippen molar-refractivity contribution in [1.82, 2.24) is 5.32 Å². The van der Waals surface area contributed by atoms with Gasteiger partial charge in [-0.2, -0.15) is 0 Å². The van der Waals surface area contributed by atoms with Crippen LogP contribution in [0.4, 0.5) is 0 Å². The summed E-state index contributed by atoms with van der Waals surface area (Å²) in [5, 5.41) is 2.86. The molecule has 0 aliphatic rings. The van der Waals surface area contributed by atoms with Gasteiger partial charge < -0.3 is 5.32 Å². The summed E-state index contributed by atoms with van der Waals surface area (Å²) in [6, 6.07) is 0.574. The van der Waals surface area contributed by atoms with Crippen LogP contribution < -0.4 is 5.32 Å². The van der Waals surface area contributed by atoms with Gasteiger partial charge in [-0.15, -0.1) is 0 Å². The first-order chi connectivity index (χ1) is 2.81. The zero-order valence-corrected chi connectivity index (χ0v) is 4.49. The lowest BCUT2D eigenvalue weighted by Gasteiger charge is -2.01. The molecule has 0 aliphatic carbocycles. The second-order valence-corrected chi connectivity index (χ2v) is 1.51. The molecule has 37 valence electrons. The van der Waals surface area contributed by atoms with Gasteiger partial charge >= 0.3 is 0 Å². The summed E-state index contributed by atoms with van der Waals surface area (Å²) in [6.45, 7) is 4.23. The van der Waals surface area contributed by atoms with E-state index in [9.17, 15) is 0 Å². The van der Waals surface area contributed by atoms with E-state index in [2.05, 4.69) is 26.2 Å². The number of rotatable bonds is 2. The van der Waals surface area contributed by atoms with Crippen molar-refractivity contribution in [2.24, 2.45) is 0 Å². The fraction of sp³-hybridized carbons (Fsp3) is 0.800. The quantitative estimate of drug-likeness (QED) is 0.532. The van der Waals surface area contributed by atoms with Gasteiger partial charge in [0.15, 0.2) is 0 Å². The van der Waals surface area contributed by atoms with E-state index in [1.54, 1.807) is 0 Å². The Morgan fingerprint density at radius 2 is 2.33 bits per heavy atom. The molecule has 0 heterocycles. The molecule has 0 amide bonds. The zero-order chi connectivity index (χ0) is 4.99. The molecule has 0 aliphatic heterocycles. The Kier molecular flexibility index (Phi) is 3.14. The van der Waals surface area contributed by atoms with Crippen LogP contribution in [0.1, 0.15) is 20.3 Å². The molecule has 0 fully saturated rings. The lowest BCUT2D eigenvalue weighted by molar-refractivity contribution is 0.616. The summed E-state index contributed by atoms with van der Waals surface area (Å²) in [5.41, 5.74) is 0. The number of hydrogen-bond acceptors (Lipinski definition) is 1. The predicted octanol–water partition coefficient (Wildman–Crippen LogP) is 1.17. The molecule has 0 aromatic carbocycles. The molecule has 1 atom stereocenters. The minimum atomic E-state index is 0.574. The predicted molar refractivity (Wildman–Crippen MR) is 28.2 cm³/mol. The van der Waals surface area contributed by atoms with Gasteiger partial charge in [0.05, 0.1) is 0 Å². The Hall–Kier alpha value is -0.0400. The number of hydrogen-bond donors (Lipinski definition) is 1. The first-order valence-corrected chi connectivity index (χ1v) is 2.33. The average Bonchev–Trinajstić information content (AvgIpc) is 1.65. The Balaban J connectivity index is 2.75. The maximum atomic E-state index is 3.51. The van der Waals surface area contributed by atoms with Gasteiger partial charge in [0.1, 0.15) is 0 Å². The van der Waals surface area contributed by atoms with E-state index >= 15 is 0 Å². The van der Waals surface area contributed by atoms with E-state index in [1.165, 1.54) is 0 Å². The third-order valence-electron chi connectivity index (χ3n) is 0.961. The van der Waals surface area contributed by atoms with Crippen molar-refractivity contribution >= 4 is 0 Å². The van der Waals surface area contributed by atoms with Crippen molar-refractivity contribution in [1.29, 1.82) is 0 Å². The molecule has 0 saturated heterocycles. The smallest absolute Gasteiger partial charge is 0.00793 e. The normalized spacial score (nSPS) is 14.5. The van der Waals surface area contributed by atoms with E-state index in [1.807, 2.05) is 0 Å². The van der Waals surface area contributed by atoms with Gasteiger partial charge in [-0.3, -0.25) is 0 Å². The molecule has 1 N–H and O–H groups in total. The second-order valence-electron chi connectivity index (χ2n) is 1.51. The highest BCUT2D eigenvalue weighted by Crippen LogP contribution is 1.83. The van der Waals surface area contributed by atoms with E-state index in [0.717, 1.165) is 6.42 Å². The summed E-state index contributed by atoms with van der Waals surface area (Å²) < 4.78 is 0. The fourth-order valence-corrected chi connectivity index (χ4v) is 0.144. The minimum absolute atomic E-state index is 0.574. The SMILES string of the molecule is [CH2]NC(C)CC. The molecule has 6 heavy (non-hydrogen) atoms. The van der Waals surface area contributed by atoms with Gasteiger partial charge in [0, 0.05) is 13.1 Å². The van der Waals surface area contributed by atoms with E-state index < -0.39 is 0 Å². The molecular formula is C5H12N. The second kappa shape index (κ2) is 3.16. The Morgan fingerprint density at radius 1 is 1.83 bits per heavy atom. The van der Waals surface area contributed by atoms with E-state index in [-0.39, 0.29) is 0 Å². The van der Waals surface area contributed by atoms with E-state index in [4.69, 9.17) is 0 Å². The maximum Gasteiger partial charge on any atom is 0.00793 e. The molecule has 1 unspecified atom stereocenters. The summed E-state index contributed by atoms with van der Waals surface area (Å²) in [6.07, 6.45) is 1.16. The van der Waals surface area contributed by atoms with Crippen molar-refractivity contribution in [2.75, 3.05) is 0 Å². The van der Waals surface area contributed by atoms with Crippen LogP contribution in [-0.2, 0) is 0 Å². The van der Waals surface area contributed by atoms with Crippen molar-refractivity contribution in [2.45, 2.75) is 26.3 Å². The topological polar surface area (TPSA) is 12.0 Å². The summed E-state index contributed by atoms with van der Waals surface area (Å²) in [5.74, 6) is 0. The first kappa shape index (κ1) is 5.96. The third-order valence-corrected chi connectivity index (χ3v) is 0.961. The monoisotopic (exact) mass is 86.1 g/mol. The van der Waals surface area contributed by atoms with Crippen molar-refractivity contribution < 1.29 is 0 Å². The largest absolute Gasteiger partial charge is 0.313 e. The molecule has 1 radical (unpaired) electrons. The van der Waals surface area contributed by atoms with Crippen LogP contribution in [0.5, 0.6) is 0 Å². The van der Waals surface area contributed by atoms with Gasteiger partial charge in [-0.05, 0) is 13.3 Å². The molecule has 1 nitrogen and oxygen atoms in total. The van der Waals surface area contributed by atoms with E-state index in [0.29, 0.717) is 6.04 Å². The fourth-order valence-electron chi connectivity index (χ4n) is 0.144. The third kappa shape index (κ3) is 2.21. The van der Waals surface area contributed by atoms with Gasteiger partial charge in [-0.25, -0.2) is 0 Å². The van der Waals surface area contributed by atoms with Crippen LogP contribution in [-0.4, -0.2) is 6.04 Å². The van der Waals surface area contributed by atoms with Crippen LogP contribution >= 0.6 is 0 Å². The summed E-state index contributed by atoms with van der Waals surface area (Å²) >= 11 is 0. The Morgan fingerprint density at radius 3 is 2.33 bits per heavy atom. The number of nitrogens with one attached hydrogen (secondary N) is 1. The zero-order valence-electron chi connectivity index (χ0n) is 4.49. The van der Waals surface area contributed by atoms with Crippen LogP contribution in [0.15, 0.2) is 0 Å². The lowest BCUT2D eigenvalue weighted by Crippen LogP contribution is -2.16. The molecule has 0 bridgehead atoms. The molecule has 0 spiro atoms. The van der Waals surface area contributed by atoms with Gasteiger partial charge in [-0.1, -0.05) is 6.92 Å². The van der Waals surface area contributed by atoms with Crippen LogP contribution in [0.25, 0.3) is 0 Å². The minimum Gasteiger partial charge on any atom is -0.313 e. The van der Waals surface area contributed by atoms with Crippen LogP contribution in [0.3, 0.4) is 0 Å². The Labute approximate surface area is 39.7 Å². The lowest BCUT2D eigenvalue weighted by atomic mass is 10.3. The van der Waals surface area contributed by atoms with Crippen LogP contribution in [0.2, 0.25) is 0 Å². The van der Waals surface area contributed by atoms with Gasteiger partial charge in [0.2, 0.25) is 0 Å². The summed E-state index contributed by atoms with van der Waals surface area (Å²) in [4.78, 5) is 0. The average molecular weight is 86.2 g/mol. The van der Waals surface area contributed by atoms with Crippen molar-refractivity contribution in [3.8, 4) is 0 Å². The van der Waals surface area contributed by atoms with Gasteiger partial charge in [0.25, 0.3) is 0 Å². The molecule has 0 aromatic heterocycles. The summed E-state index contributed by atoms with van der Waals surface area (Å²) in [7, 11) is 3.51. The molecule has 1 heteroatoms. The highest BCUT2D eigenvalue weighted by Gasteiger charge is 1.86. The Bertz CT molecular complexity index is 23.1. The highest BCUT2D eigenvalue weighted by atomic mass is 14.8. The molecular weight excluding hydrogens is 74.1 g/mol. The van der Waals surface area contributed by atoms with Crippen molar-refractivity contribution in [3.05, 3.63) is 7.05 Å². The maximum absolute atomic E-state index is 3.51. The van der Waals surface area contributed by atoms with Crippen LogP contribution in [0, 0.1) is 7.05 Å². The molecule has 0 aromatic rings. The van der Waals surface area contributed by atoms with Crippen molar-refractivity contribution in [3.63, 3.8) is 0 Å². The standard InChI is InChI=1S/C5H12N/c1-4-5(2)6-3/h5-6H,3-4H2,1-2H3.